The van der Waals surface area contributed by atoms with Gasteiger partial charge in [0.05, 0.1) is 36.5 Å². The number of hydrogen-bond donors (Lipinski definition) is 2. The third kappa shape index (κ3) is 7.34. The molecule has 5 aromatic heterocycles. The van der Waals surface area contributed by atoms with Gasteiger partial charge in [0.2, 0.25) is 0 Å². The Kier molecular flexibility index (Phi) is 10.3. The first-order valence-corrected chi connectivity index (χ1v) is 11.0. The Bertz CT molecular complexity index is 1420. The summed E-state index contributed by atoms with van der Waals surface area (Å²) in [6.45, 7) is 8.39. The number of nitrogens with two attached hydrogens (primary N) is 1. The van der Waals surface area contributed by atoms with Crippen molar-refractivity contribution in [3.8, 4) is 12.1 Å². The number of aryl methyl sites for hydroxylation is 3. The highest BCUT2D eigenvalue weighted by Crippen LogP contribution is 2.15. The van der Waals surface area contributed by atoms with Crippen LogP contribution in [0.4, 0.5) is 5.82 Å². The molecule has 5 rings (SSSR count). The van der Waals surface area contributed by atoms with Crippen LogP contribution >= 0.6 is 0 Å². The Labute approximate surface area is 204 Å². The quantitative estimate of drug-likeness (QED) is 0.383. The second-order valence-corrected chi connectivity index (χ2v) is 6.94. The average Bonchev–Trinajstić information content (AvgIpc) is 3.50. The second-order valence-electron chi connectivity index (χ2n) is 6.94. The Balaban J connectivity index is 0.000000183. The van der Waals surface area contributed by atoms with Crippen LogP contribution in [-0.2, 0) is 6.54 Å². The molecule has 5 aromatic rings. The minimum absolute atomic E-state index is 0.466. The predicted octanol–water partition coefficient (Wildman–Crippen LogP) is 4.48. The number of nitrogen functional groups attached to an aromatic ring is 1. The van der Waals surface area contributed by atoms with Gasteiger partial charge in [0.1, 0.15) is 17.5 Å². The smallest absolute Gasteiger partial charge is 0.157 e. The van der Waals surface area contributed by atoms with E-state index in [-0.39, 0.29) is 0 Å². The van der Waals surface area contributed by atoms with Crippen molar-refractivity contribution < 1.29 is 0 Å². The van der Waals surface area contributed by atoms with Gasteiger partial charge in [-0.1, -0.05) is 13.8 Å². The Morgan fingerprint density at radius 1 is 1.03 bits per heavy atom. The van der Waals surface area contributed by atoms with E-state index in [1.165, 1.54) is 0 Å². The van der Waals surface area contributed by atoms with Gasteiger partial charge in [-0.2, -0.15) is 15.6 Å². The number of anilines is 1. The number of H-pyrrole nitrogens is 1. The summed E-state index contributed by atoms with van der Waals surface area (Å²) in [4.78, 5) is 18.9. The van der Waals surface area contributed by atoms with Gasteiger partial charge in [0.15, 0.2) is 5.65 Å². The van der Waals surface area contributed by atoms with Crippen molar-refractivity contribution in [2.75, 3.05) is 5.73 Å². The SMILES string of the molecule is CC.Cc1cnc2[nH]cc(C#N)c2c1.Cc1nccnc1N.N#CCCn1ncc2cccnc21. The summed E-state index contributed by atoms with van der Waals surface area (Å²) in [7, 11) is 0. The molecule has 0 saturated carbocycles. The van der Waals surface area contributed by atoms with Gasteiger partial charge < -0.3 is 10.7 Å². The molecular formula is C25H28N10. The molecule has 0 bridgehead atoms. The highest BCUT2D eigenvalue weighted by atomic mass is 15.3. The number of hydrogen-bond acceptors (Lipinski definition) is 8. The van der Waals surface area contributed by atoms with Crippen LogP contribution in [0.5, 0.6) is 0 Å². The van der Waals surface area contributed by atoms with Crippen LogP contribution in [-0.4, -0.2) is 34.7 Å². The van der Waals surface area contributed by atoms with Gasteiger partial charge in [0, 0.05) is 41.8 Å². The number of nitrogens with one attached hydrogen (secondary N) is 1. The van der Waals surface area contributed by atoms with Crippen molar-refractivity contribution in [1.29, 1.82) is 10.5 Å². The number of aromatic amines is 1. The van der Waals surface area contributed by atoms with Crippen LogP contribution < -0.4 is 5.73 Å². The lowest BCUT2D eigenvalue weighted by atomic mass is 10.2. The maximum Gasteiger partial charge on any atom is 0.157 e. The second kappa shape index (κ2) is 13.7. The number of fused-ring (bicyclic) bond motifs is 2. The molecule has 0 saturated heterocycles. The molecule has 178 valence electrons. The van der Waals surface area contributed by atoms with Crippen LogP contribution in [0.15, 0.2) is 55.4 Å². The molecule has 0 amide bonds. The van der Waals surface area contributed by atoms with E-state index in [4.69, 9.17) is 16.3 Å². The molecule has 10 nitrogen and oxygen atoms in total. The Hall–Kier alpha value is -4.83. The van der Waals surface area contributed by atoms with Crippen molar-refractivity contribution in [3.63, 3.8) is 0 Å². The van der Waals surface area contributed by atoms with Gasteiger partial charge in [-0.3, -0.25) is 4.98 Å². The van der Waals surface area contributed by atoms with Crippen LogP contribution in [0.1, 0.15) is 37.1 Å². The topological polar surface area (TPSA) is 159 Å². The number of aromatic nitrogens is 7. The first kappa shape index (κ1) is 26.4. The highest BCUT2D eigenvalue weighted by molar-refractivity contribution is 5.82. The van der Waals surface area contributed by atoms with Crippen molar-refractivity contribution >= 4 is 27.9 Å². The summed E-state index contributed by atoms with van der Waals surface area (Å²) in [5, 5.41) is 23.2. The van der Waals surface area contributed by atoms with E-state index in [0.29, 0.717) is 24.3 Å². The minimum atomic E-state index is 0.466. The zero-order valence-electron chi connectivity index (χ0n) is 20.3. The van der Waals surface area contributed by atoms with E-state index in [1.54, 1.807) is 41.9 Å². The average molecular weight is 469 g/mol. The number of pyridine rings is 2. The van der Waals surface area contributed by atoms with Crippen LogP contribution in [0, 0.1) is 36.5 Å². The molecule has 0 aromatic carbocycles. The van der Waals surface area contributed by atoms with Gasteiger partial charge in [-0.25, -0.2) is 19.6 Å². The molecule has 3 N–H and O–H groups in total. The van der Waals surface area contributed by atoms with E-state index in [1.807, 2.05) is 45.9 Å². The lowest BCUT2D eigenvalue weighted by molar-refractivity contribution is 0.643. The molecular weight excluding hydrogens is 440 g/mol. The molecule has 35 heavy (non-hydrogen) atoms. The summed E-state index contributed by atoms with van der Waals surface area (Å²) in [6, 6.07) is 9.97. The summed E-state index contributed by atoms with van der Waals surface area (Å²) < 4.78 is 1.75. The summed E-state index contributed by atoms with van der Waals surface area (Å²) in [6.07, 6.45) is 10.6. The zero-order chi connectivity index (χ0) is 25.6. The fourth-order valence-electron chi connectivity index (χ4n) is 2.85. The third-order valence-corrected chi connectivity index (χ3v) is 4.54. The molecule has 0 aliphatic heterocycles. The fraction of sp³-hybridized carbons (Fsp3) is 0.240. The third-order valence-electron chi connectivity index (χ3n) is 4.54. The maximum atomic E-state index is 8.72. The molecule has 0 atom stereocenters. The Morgan fingerprint density at radius 2 is 1.80 bits per heavy atom. The van der Waals surface area contributed by atoms with E-state index >= 15 is 0 Å². The highest BCUT2D eigenvalue weighted by Gasteiger charge is 2.03. The first-order chi connectivity index (χ1) is 17.0. The Morgan fingerprint density at radius 3 is 2.46 bits per heavy atom. The van der Waals surface area contributed by atoms with E-state index in [2.05, 4.69) is 42.2 Å². The van der Waals surface area contributed by atoms with Crippen molar-refractivity contribution in [2.45, 2.75) is 40.7 Å². The van der Waals surface area contributed by atoms with Gasteiger partial charge in [-0.05, 0) is 37.6 Å². The number of rotatable bonds is 2. The summed E-state index contributed by atoms with van der Waals surface area (Å²) in [5.74, 6) is 0.507. The molecule has 0 fully saturated rings. The monoisotopic (exact) mass is 468 g/mol. The zero-order valence-corrected chi connectivity index (χ0v) is 20.3. The molecule has 0 spiro atoms. The largest absolute Gasteiger partial charge is 0.382 e. The number of nitrogens with zero attached hydrogens (tertiary/aromatic N) is 8. The first-order valence-electron chi connectivity index (χ1n) is 11.0. The van der Waals surface area contributed by atoms with E-state index < -0.39 is 0 Å². The van der Waals surface area contributed by atoms with Gasteiger partial charge in [0.25, 0.3) is 0 Å². The molecule has 0 radical (unpaired) electrons. The molecule has 0 aliphatic carbocycles. The van der Waals surface area contributed by atoms with Crippen LogP contribution in [0.3, 0.4) is 0 Å². The van der Waals surface area contributed by atoms with Crippen molar-refractivity contribution in [2.24, 2.45) is 0 Å². The lowest BCUT2D eigenvalue weighted by Gasteiger charge is -1.96. The maximum absolute atomic E-state index is 8.72. The van der Waals surface area contributed by atoms with Gasteiger partial charge in [-0.15, -0.1) is 0 Å². The normalized spacial score (nSPS) is 9.43. The van der Waals surface area contributed by atoms with Crippen LogP contribution in [0.25, 0.3) is 22.1 Å². The van der Waals surface area contributed by atoms with Crippen molar-refractivity contribution in [3.05, 3.63) is 72.2 Å². The molecule has 10 heteroatoms. The van der Waals surface area contributed by atoms with Crippen LogP contribution in [0.2, 0.25) is 0 Å². The summed E-state index contributed by atoms with van der Waals surface area (Å²) >= 11 is 0. The summed E-state index contributed by atoms with van der Waals surface area (Å²) in [5.41, 5.74) is 9.47. The van der Waals surface area contributed by atoms with Gasteiger partial charge >= 0.3 is 0 Å². The minimum Gasteiger partial charge on any atom is -0.382 e. The number of nitriles is 2. The fourth-order valence-corrected chi connectivity index (χ4v) is 2.85. The van der Waals surface area contributed by atoms with Crippen molar-refractivity contribution in [1.82, 2.24) is 34.7 Å². The van der Waals surface area contributed by atoms with E-state index in [0.717, 1.165) is 33.3 Å². The molecule has 0 aliphatic rings. The molecule has 5 heterocycles. The van der Waals surface area contributed by atoms with E-state index in [9.17, 15) is 0 Å². The standard InChI is InChI=1S/C9H8N4.C9H7N3.C5H7N3.C2H6/c10-4-2-6-13-9-8(7-12-13)3-1-5-11-9;1-6-2-8-7(3-10)5-12-9(8)11-4-6;1-4-5(6)8-3-2-7-4;1-2/h1,3,5,7H,2,6H2;2,4-5H,1H3,(H,11,12);2-3H,1H3,(H2,6,8);1-2H3. The molecule has 0 unspecified atom stereocenters. The predicted molar refractivity (Wildman–Crippen MR) is 136 cm³/mol. The lowest BCUT2D eigenvalue weighted by Crippen LogP contribution is -1.99.